The first-order chi connectivity index (χ1) is 7.08. The lowest BCUT2D eigenvalue weighted by Gasteiger charge is -2.16. The zero-order chi connectivity index (χ0) is 11.4. The number of hydrogen-bond acceptors (Lipinski definition) is 2. The predicted octanol–water partition coefficient (Wildman–Crippen LogP) is 4.89. The molecule has 0 aliphatic carbocycles. The average molecular weight is 353 g/mol. The van der Waals surface area contributed by atoms with Crippen molar-refractivity contribution in [3.05, 3.63) is 31.4 Å². The van der Waals surface area contributed by atoms with Crippen molar-refractivity contribution in [2.75, 3.05) is 7.05 Å². The standard InChI is InChI=1S/C11H15Br2NS/c1-4-7(2)5-9(14-3)8-6-10(12)15-11(8)13/h6,9,14H,2,4-5H2,1,3H3. The molecule has 0 radical (unpaired) electrons. The molecule has 0 saturated carbocycles. The van der Waals surface area contributed by atoms with Gasteiger partial charge in [-0.25, -0.2) is 0 Å². The van der Waals surface area contributed by atoms with Gasteiger partial charge in [-0.2, -0.15) is 0 Å². The van der Waals surface area contributed by atoms with Crippen LogP contribution >= 0.6 is 43.2 Å². The summed E-state index contributed by atoms with van der Waals surface area (Å²) in [4.78, 5) is 0. The summed E-state index contributed by atoms with van der Waals surface area (Å²) in [5.74, 6) is 0. The summed E-state index contributed by atoms with van der Waals surface area (Å²) in [7, 11) is 1.99. The van der Waals surface area contributed by atoms with Crippen molar-refractivity contribution >= 4 is 43.2 Å². The lowest BCUT2D eigenvalue weighted by atomic mass is 10.0. The van der Waals surface area contributed by atoms with E-state index in [1.165, 1.54) is 14.9 Å². The zero-order valence-corrected chi connectivity index (χ0v) is 12.9. The SMILES string of the molecule is C=C(CC)CC(NC)c1cc(Br)sc1Br. The van der Waals surface area contributed by atoms with Gasteiger partial charge in [-0.3, -0.25) is 0 Å². The van der Waals surface area contributed by atoms with E-state index in [4.69, 9.17) is 0 Å². The van der Waals surface area contributed by atoms with Crippen LogP contribution in [-0.2, 0) is 0 Å². The fraction of sp³-hybridized carbons (Fsp3) is 0.455. The van der Waals surface area contributed by atoms with Crippen molar-refractivity contribution in [2.24, 2.45) is 0 Å². The van der Waals surface area contributed by atoms with E-state index in [9.17, 15) is 0 Å². The van der Waals surface area contributed by atoms with Crippen LogP contribution in [0.4, 0.5) is 0 Å². The second kappa shape index (κ2) is 6.18. The molecule has 1 unspecified atom stereocenters. The van der Waals surface area contributed by atoms with Crippen molar-refractivity contribution in [1.29, 1.82) is 0 Å². The van der Waals surface area contributed by atoms with Crippen LogP contribution in [-0.4, -0.2) is 7.05 Å². The van der Waals surface area contributed by atoms with Gasteiger partial charge < -0.3 is 5.32 Å². The van der Waals surface area contributed by atoms with Crippen molar-refractivity contribution in [3.8, 4) is 0 Å². The molecule has 1 rings (SSSR count). The number of halogens is 2. The lowest BCUT2D eigenvalue weighted by molar-refractivity contribution is 0.582. The molecule has 0 amide bonds. The maximum atomic E-state index is 4.06. The van der Waals surface area contributed by atoms with Crippen molar-refractivity contribution in [1.82, 2.24) is 5.32 Å². The Kier molecular flexibility index (Phi) is 5.53. The molecule has 0 aromatic carbocycles. The molecule has 1 nitrogen and oxygen atoms in total. The zero-order valence-electron chi connectivity index (χ0n) is 8.94. The smallest absolute Gasteiger partial charge is 0.0758 e. The predicted molar refractivity (Wildman–Crippen MR) is 75.6 cm³/mol. The Balaban J connectivity index is 2.82. The molecule has 0 bridgehead atoms. The first-order valence-corrected chi connectivity index (χ1v) is 7.27. The van der Waals surface area contributed by atoms with E-state index >= 15 is 0 Å². The van der Waals surface area contributed by atoms with Crippen molar-refractivity contribution in [2.45, 2.75) is 25.8 Å². The van der Waals surface area contributed by atoms with E-state index in [2.05, 4.69) is 56.7 Å². The normalized spacial score (nSPS) is 12.8. The van der Waals surface area contributed by atoms with Gasteiger partial charge in [-0.05, 0) is 63.4 Å². The van der Waals surface area contributed by atoms with Gasteiger partial charge in [-0.1, -0.05) is 19.1 Å². The van der Waals surface area contributed by atoms with Crippen LogP contribution in [0.5, 0.6) is 0 Å². The third kappa shape index (κ3) is 3.70. The number of hydrogen-bond donors (Lipinski definition) is 1. The Labute approximate surface area is 112 Å². The summed E-state index contributed by atoms with van der Waals surface area (Å²) >= 11 is 8.80. The van der Waals surface area contributed by atoms with Gasteiger partial charge >= 0.3 is 0 Å². The molecule has 84 valence electrons. The molecule has 0 spiro atoms. The summed E-state index contributed by atoms with van der Waals surface area (Å²) in [5, 5.41) is 3.33. The van der Waals surface area contributed by atoms with Gasteiger partial charge in [0.25, 0.3) is 0 Å². The number of nitrogens with one attached hydrogen (secondary N) is 1. The monoisotopic (exact) mass is 351 g/mol. The summed E-state index contributed by atoms with van der Waals surface area (Å²) in [5.41, 5.74) is 2.59. The van der Waals surface area contributed by atoms with E-state index in [1.54, 1.807) is 11.3 Å². The van der Waals surface area contributed by atoms with E-state index in [-0.39, 0.29) is 0 Å². The second-order valence-corrected chi connectivity index (χ2v) is 7.18. The number of rotatable bonds is 5. The van der Waals surface area contributed by atoms with Gasteiger partial charge in [-0.15, -0.1) is 11.3 Å². The highest BCUT2D eigenvalue weighted by Crippen LogP contribution is 2.37. The van der Waals surface area contributed by atoms with Gasteiger partial charge in [0.2, 0.25) is 0 Å². The Hall–Kier alpha value is 0.360. The minimum atomic E-state index is 0.356. The van der Waals surface area contributed by atoms with Crippen molar-refractivity contribution in [3.63, 3.8) is 0 Å². The summed E-state index contributed by atoms with van der Waals surface area (Å²) in [6, 6.07) is 2.52. The Morgan fingerprint density at radius 3 is 2.67 bits per heavy atom. The van der Waals surface area contributed by atoms with Gasteiger partial charge in [0.1, 0.15) is 0 Å². The molecular weight excluding hydrogens is 338 g/mol. The van der Waals surface area contributed by atoms with Gasteiger partial charge in [0.15, 0.2) is 0 Å². The van der Waals surface area contributed by atoms with Crippen LogP contribution in [0.25, 0.3) is 0 Å². The molecule has 1 heterocycles. The van der Waals surface area contributed by atoms with E-state index < -0.39 is 0 Å². The van der Waals surface area contributed by atoms with Crippen LogP contribution < -0.4 is 5.32 Å². The average Bonchev–Trinajstić information content (AvgIpc) is 2.54. The second-order valence-electron chi connectivity index (χ2n) is 3.43. The molecule has 15 heavy (non-hydrogen) atoms. The topological polar surface area (TPSA) is 12.0 Å². The molecule has 1 aromatic heterocycles. The first kappa shape index (κ1) is 13.4. The van der Waals surface area contributed by atoms with Crippen LogP contribution in [0.1, 0.15) is 31.4 Å². The Morgan fingerprint density at radius 2 is 2.27 bits per heavy atom. The molecule has 1 atom stereocenters. The highest BCUT2D eigenvalue weighted by Gasteiger charge is 2.15. The lowest BCUT2D eigenvalue weighted by Crippen LogP contribution is -2.16. The van der Waals surface area contributed by atoms with E-state index in [0.717, 1.165) is 16.6 Å². The highest BCUT2D eigenvalue weighted by molar-refractivity contribution is 9.12. The van der Waals surface area contributed by atoms with Gasteiger partial charge in [0.05, 0.1) is 7.57 Å². The molecule has 4 heteroatoms. The first-order valence-electron chi connectivity index (χ1n) is 4.87. The maximum absolute atomic E-state index is 4.06. The molecule has 1 aromatic rings. The molecule has 0 saturated heterocycles. The largest absolute Gasteiger partial charge is 0.313 e. The quantitative estimate of drug-likeness (QED) is 0.744. The van der Waals surface area contributed by atoms with Crippen LogP contribution in [0.15, 0.2) is 25.8 Å². The molecule has 0 aliphatic rings. The van der Waals surface area contributed by atoms with E-state index in [1.807, 2.05) is 7.05 Å². The van der Waals surface area contributed by atoms with Crippen LogP contribution in [0.3, 0.4) is 0 Å². The van der Waals surface area contributed by atoms with Crippen LogP contribution in [0, 0.1) is 0 Å². The Bertz CT molecular complexity index is 346. The number of thiophene rings is 1. The minimum Gasteiger partial charge on any atom is -0.313 e. The highest BCUT2D eigenvalue weighted by atomic mass is 79.9. The maximum Gasteiger partial charge on any atom is 0.0758 e. The van der Waals surface area contributed by atoms with Gasteiger partial charge in [0, 0.05) is 6.04 Å². The molecule has 0 fully saturated rings. The van der Waals surface area contributed by atoms with Crippen LogP contribution in [0.2, 0.25) is 0 Å². The summed E-state index contributed by atoms with van der Waals surface area (Å²) in [6.07, 6.45) is 2.04. The molecule has 1 N–H and O–H groups in total. The minimum absolute atomic E-state index is 0.356. The third-order valence-electron chi connectivity index (χ3n) is 2.40. The fourth-order valence-electron chi connectivity index (χ4n) is 1.39. The summed E-state index contributed by atoms with van der Waals surface area (Å²) in [6.45, 7) is 6.21. The van der Waals surface area contributed by atoms with E-state index in [0.29, 0.717) is 6.04 Å². The fourth-order valence-corrected chi connectivity index (χ4v) is 4.37. The van der Waals surface area contributed by atoms with Crippen molar-refractivity contribution < 1.29 is 0 Å². The summed E-state index contributed by atoms with van der Waals surface area (Å²) < 4.78 is 2.35. The Morgan fingerprint density at radius 1 is 1.60 bits per heavy atom. The third-order valence-corrected chi connectivity index (χ3v) is 4.79. The molecular formula is C11H15Br2NS. The molecule has 0 aliphatic heterocycles.